The highest BCUT2D eigenvalue weighted by Gasteiger charge is 2.36. The van der Waals surface area contributed by atoms with Crippen LogP contribution in [0, 0.1) is 5.92 Å². The summed E-state index contributed by atoms with van der Waals surface area (Å²) in [7, 11) is 0. The maximum absolute atomic E-state index is 11.5. The number of likely N-dealkylation sites (tertiary alicyclic amines) is 1. The van der Waals surface area contributed by atoms with Gasteiger partial charge in [0.05, 0.1) is 0 Å². The lowest BCUT2D eigenvalue weighted by Gasteiger charge is -2.39. The van der Waals surface area contributed by atoms with Crippen LogP contribution in [0.3, 0.4) is 0 Å². The highest BCUT2D eigenvalue weighted by atomic mass is 16.2. The van der Waals surface area contributed by atoms with Crippen LogP contribution < -0.4 is 0 Å². The molecule has 0 aliphatic carbocycles. The molecule has 0 radical (unpaired) electrons. The zero-order chi connectivity index (χ0) is 17.8. The van der Waals surface area contributed by atoms with E-state index in [1.165, 1.54) is 25.1 Å². The maximum atomic E-state index is 11.5. The Kier molecular flexibility index (Phi) is 6.13. The summed E-state index contributed by atoms with van der Waals surface area (Å²) in [6.45, 7) is 12.7. The summed E-state index contributed by atoms with van der Waals surface area (Å²) in [6.07, 6.45) is 2.39. The molecule has 2 aliphatic rings. The van der Waals surface area contributed by atoms with Crippen LogP contribution in [0.1, 0.15) is 32.8 Å². The van der Waals surface area contributed by atoms with Crippen LogP contribution in [0.2, 0.25) is 0 Å². The smallest absolute Gasteiger partial charge is 0.219 e. The van der Waals surface area contributed by atoms with E-state index in [-0.39, 0.29) is 5.91 Å². The van der Waals surface area contributed by atoms with Crippen molar-refractivity contribution in [1.82, 2.24) is 14.7 Å². The molecule has 138 valence electrons. The first-order chi connectivity index (χ1) is 12.0. The molecular formula is C21H33N3O. The quantitative estimate of drug-likeness (QED) is 0.822. The Morgan fingerprint density at radius 1 is 1.12 bits per heavy atom. The van der Waals surface area contributed by atoms with E-state index in [4.69, 9.17) is 0 Å². The first-order valence-corrected chi connectivity index (χ1v) is 9.82. The molecule has 25 heavy (non-hydrogen) atoms. The van der Waals surface area contributed by atoms with Gasteiger partial charge in [0, 0.05) is 58.3 Å². The summed E-state index contributed by atoms with van der Waals surface area (Å²) in [5, 5.41) is 0. The average Bonchev–Trinajstić information content (AvgIpc) is 3.02. The maximum Gasteiger partial charge on any atom is 0.219 e. The fourth-order valence-corrected chi connectivity index (χ4v) is 4.39. The van der Waals surface area contributed by atoms with Crippen molar-refractivity contribution in [3.05, 3.63) is 35.9 Å². The summed E-state index contributed by atoms with van der Waals surface area (Å²) in [4.78, 5) is 18.8. The molecule has 1 aromatic carbocycles. The van der Waals surface area contributed by atoms with E-state index in [9.17, 15) is 4.79 Å². The number of carbonyl (C=O) groups excluding carboxylic acids is 1. The molecule has 2 heterocycles. The molecule has 2 saturated heterocycles. The van der Waals surface area contributed by atoms with Gasteiger partial charge in [-0.2, -0.15) is 0 Å². The second-order valence-corrected chi connectivity index (χ2v) is 7.91. The SMILES string of the molecule is CC(=O)N1CCN(C2CN(C(C)CCc3ccccc3)CC2C)CC1. The van der Waals surface area contributed by atoms with Crippen molar-refractivity contribution < 1.29 is 4.79 Å². The highest BCUT2D eigenvalue weighted by Crippen LogP contribution is 2.26. The fraction of sp³-hybridized carbons (Fsp3) is 0.667. The van der Waals surface area contributed by atoms with Gasteiger partial charge in [0.25, 0.3) is 0 Å². The van der Waals surface area contributed by atoms with Crippen molar-refractivity contribution >= 4 is 5.91 Å². The van der Waals surface area contributed by atoms with Crippen molar-refractivity contribution in [3.8, 4) is 0 Å². The van der Waals surface area contributed by atoms with E-state index in [2.05, 4.69) is 54.0 Å². The molecule has 3 rings (SSSR count). The van der Waals surface area contributed by atoms with Crippen molar-refractivity contribution in [3.63, 3.8) is 0 Å². The predicted molar refractivity (Wildman–Crippen MR) is 103 cm³/mol. The lowest BCUT2D eigenvalue weighted by atomic mass is 10.0. The minimum absolute atomic E-state index is 0.218. The Bertz CT molecular complexity index is 554. The number of aryl methyl sites for hydroxylation is 1. The Labute approximate surface area is 152 Å². The van der Waals surface area contributed by atoms with Gasteiger partial charge in [-0.25, -0.2) is 0 Å². The van der Waals surface area contributed by atoms with Gasteiger partial charge in [0.1, 0.15) is 0 Å². The Balaban J connectivity index is 1.48. The third-order valence-electron chi connectivity index (χ3n) is 6.15. The zero-order valence-corrected chi connectivity index (χ0v) is 16.0. The van der Waals surface area contributed by atoms with Crippen LogP contribution >= 0.6 is 0 Å². The molecule has 0 spiro atoms. The summed E-state index contributed by atoms with van der Waals surface area (Å²) >= 11 is 0. The van der Waals surface area contributed by atoms with Crippen LogP contribution in [0.5, 0.6) is 0 Å². The predicted octanol–water partition coefficient (Wildman–Crippen LogP) is 2.49. The van der Waals surface area contributed by atoms with E-state index >= 15 is 0 Å². The largest absolute Gasteiger partial charge is 0.340 e. The van der Waals surface area contributed by atoms with Crippen molar-refractivity contribution in [2.45, 2.75) is 45.7 Å². The molecule has 0 aromatic heterocycles. The number of nitrogens with zero attached hydrogens (tertiary/aromatic N) is 3. The molecule has 0 bridgehead atoms. The molecule has 1 amide bonds. The molecule has 2 aliphatic heterocycles. The molecular weight excluding hydrogens is 310 g/mol. The summed E-state index contributed by atoms with van der Waals surface area (Å²) < 4.78 is 0. The van der Waals surface area contributed by atoms with Gasteiger partial charge in [-0.3, -0.25) is 14.6 Å². The van der Waals surface area contributed by atoms with Crippen LogP contribution in [0.15, 0.2) is 30.3 Å². The van der Waals surface area contributed by atoms with Crippen LogP contribution in [-0.2, 0) is 11.2 Å². The van der Waals surface area contributed by atoms with Gasteiger partial charge >= 0.3 is 0 Å². The molecule has 3 atom stereocenters. The van der Waals surface area contributed by atoms with E-state index in [1.807, 2.05) is 4.90 Å². The summed E-state index contributed by atoms with van der Waals surface area (Å²) in [5.41, 5.74) is 1.44. The fourth-order valence-electron chi connectivity index (χ4n) is 4.39. The monoisotopic (exact) mass is 343 g/mol. The number of carbonyl (C=O) groups is 1. The van der Waals surface area contributed by atoms with Crippen molar-refractivity contribution in [2.24, 2.45) is 5.92 Å². The third kappa shape index (κ3) is 4.62. The Hall–Kier alpha value is -1.39. The van der Waals surface area contributed by atoms with Crippen molar-refractivity contribution in [1.29, 1.82) is 0 Å². The second-order valence-electron chi connectivity index (χ2n) is 7.91. The van der Waals surface area contributed by atoms with Crippen molar-refractivity contribution in [2.75, 3.05) is 39.3 Å². The molecule has 0 saturated carbocycles. The molecule has 1 aromatic rings. The molecule has 2 fully saturated rings. The standard InChI is InChI=1S/C21H33N3O/c1-17-15-24(18(2)9-10-20-7-5-4-6-8-20)16-21(17)23-13-11-22(12-14-23)19(3)25/h4-8,17-18,21H,9-16H2,1-3H3. The first-order valence-electron chi connectivity index (χ1n) is 9.82. The minimum Gasteiger partial charge on any atom is -0.340 e. The Morgan fingerprint density at radius 2 is 1.80 bits per heavy atom. The average molecular weight is 344 g/mol. The molecule has 0 N–H and O–H groups in total. The molecule has 4 heteroatoms. The van der Waals surface area contributed by atoms with E-state index in [1.54, 1.807) is 6.92 Å². The lowest BCUT2D eigenvalue weighted by Crippen LogP contribution is -2.53. The highest BCUT2D eigenvalue weighted by molar-refractivity contribution is 5.73. The lowest BCUT2D eigenvalue weighted by molar-refractivity contribution is -0.130. The number of benzene rings is 1. The van der Waals surface area contributed by atoms with E-state index < -0.39 is 0 Å². The van der Waals surface area contributed by atoms with Crippen LogP contribution in [-0.4, -0.2) is 72.0 Å². The second kappa shape index (κ2) is 8.33. The van der Waals surface area contributed by atoms with Gasteiger partial charge in [0.2, 0.25) is 5.91 Å². The number of hydrogen-bond donors (Lipinski definition) is 0. The minimum atomic E-state index is 0.218. The molecule has 3 unspecified atom stereocenters. The summed E-state index contributed by atoms with van der Waals surface area (Å²) in [5.74, 6) is 0.929. The number of piperazine rings is 1. The number of hydrogen-bond acceptors (Lipinski definition) is 3. The van der Waals surface area contributed by atoms with Gasteiger partial charge in [-0.15, -0.1) is 0 Å². The zero-order valence-electron chi connectivity index (χ0n) is 16.0. The topological polar surface area (TPSA) is 26.8 Å². The number of amides is 1. The molecule has 4 nitrogen and oxygen atoms in total. The van der Waals surface area contributed by atoms with Crippen LogP contribution in [0.4, 0.5) is 0 Å². The summed E-state index contributed by atoms with van der Waals surface area (Å²) in [6, 6.07) is 12.1. The first kappa shape index (κ1) is 18.4. The Morgan fingerprint density at radius 3 is 2.44 bits per heavy atom. The van der Waals surface area contributed by atoms with Gasteiger partial charge in [-0.1, -0.05) is 37.3 Å². The normalized spacial score (nSPS) is 26.8. The van der Waals surface area contributed by atoms with Crippen LogP contribution in [0.25, 0.3) is 0 Å². The van der Waals surface area contributed by atoms with Gasteiger partial charge in [0.15, 0.2) is 0 Å². The number of rotatable bonds is 5. The van der Waals surface area contributed by atoms with E-state index in [0.29, 0.717) is 18.0 Å². The third-order valence-corrected chi connectivity index (χ3v) is 6.15. The van der Waals surface area contributed by atoms with Gasteiger partial charge in [-0.05, 0) is 31.2 Å². The van der Waals surface area contributed by atoms with E-state index in [0.717, 1.165) is 32.6 Å². The van der Waals surface area contributed by atoms with Gasteiger partial charge < -0.3 is 4.90 Å².